The van der Waals surface area contributed by atoms with Gasteiger partial charge in [0.2, 0.25) is 0 Å². The second kappa shape index (κ2) is 5.32. The van der Waals surface area contributed by atoms with Gasteiger partial charge in [-0.3, -0.25) is 0 Å². The summed E-state index contributed by atoms with van der Waals surface area (Å²) >= 11 is 3.32. The van der Waals surface area contributed by atoms with Crippen molar-refractivity contribution in [2.45, 2.75) is 13.8 Å². The first kappa shape index (κ1) is 13.0. The summed E-state index contributed by atoms with van der Waals surface area (Å²) in [6.45, 7) is 3.55. The maximum atomic E-state index is 11.2. The van der Waals surface area contributed by atoms with Crippen molar-refractivity contribution in [1.82, 2.24) is 0 Å². The zero-order chi connectivity index (χ0) is 12.3. The largest absolute Gasteiger partial charge is 0.478 e. The predicted molar refractivity (Wildman–Crippen MR) is 63.1 cm³/mol. The van der Waals surface area contributed by atoms with Crippen LogP contribution in [-0.4, -0.2) is 25.0 Å². The molecule has 5 heteroatoms. The minimum Gasteiger partial charge on any atom is -0.478 e. The molecule has 0 saturated heterocycles. The number of methoxy groups -OCH3 is 1. The first-order chi connectivity index (χ1) is 7.49. The summed E-state index contributed by atoms with van der Waals surface area (Å²) < 4.78 is 10.8. The highest BCUT2D eigenvalue weighted by atomic mass is 79.9. The van der Waals surface area contributed by atoms with Gasteiger partial charge in [-0.25, -0.2) is 4.79 Å². The van der Waals surface area contributed by atoms with Crippen LogP contribution in [0.5, 0.6) is 5.75 Å². The van der Waals surface area contributed by atoms with E-state index in [2.05, 4.69) is 15.9 Å². The topological polar surface area (TPSA) is 55.8 Å². The lowest BCUT2D eigenvalue weighted by Crippen LogP contribution is -2.09. The Bertz CT molecular complexity index is 415. The third-order valence-corrected chi connectivity index (χ3v) is 3.02. The maximum absolute atomic E-state index is 11.2. The van der Waals surface area contributed by atoms with Gasteiger partial charge < -0.3 is 14.6 Å². The van der Waals surface area contributed by atoms with Crippen LogP contribution in [-0.2, 0) is 4.74 Å². The van der Waals surface area contributed by atoms with Crippen LogP contribution >= 0.6 is 15.9 Å². The Morgan fingerprint density at radius 1 is 1.50 bits per heavy atom. The number of hydrogen-bond acceptors (Lipinski definition) is 3. The SMILES string of the molecule is COCOc1c(C)cc(Br)c(C)c1C(=O)O. The Morgan fingerprint density at radius 2 is 2.12 bits per heavy atom. The Labute approximate surface area is 102 Å². The number of carboxylic acids is 1. The van der Waals surface area contributed by atoms with E-state index in [9.17, 15) is 4.79 Å². The molecule has 0 radical (unpaired) electrons. The Hall–Kier alpha value is -1.07. The first-order valence-electron chi connectivity index (χ1n) is 4.63. The van der Waals surface area contributed by atoms with Crippen molar-refractivity contribution >= 4 is 21.9 Å². The van der Waals surface area contributed by atoms with Crippen molar-refractivity contribution in [1.29, 1.82) is 0 Å². The average Bonchev–Trinajstić information content (AvgIpc) is 2.20. The molecule has 0 aliphatic carbocycles. The average molecular weight is 289 g/mol. The van der Waals surface area contributed by atoms with Gasteiger partial charge in [-0.05, 0) is 31.0 Å². The molecule has 0 atom stereocenters. The minimum atomic E-state index is -1.01. The van der Waals surface area contributed by atoms with E-state index in [1.807, 2.05) is 6.07 Å². The number of benzene rings is 1. The third-order valence-electron chi connectivity index (χ3n) is 2.20. The van der Waals surface area contributed by atoms with Gasteiger partial charge in [-0.1, -0.05) is 15.9 Å². The molecule has 1 aromatic carbocycles. The quantitative estimate of drug-likeness (QED) is 0.866. The standard InChI is InChI=1S/C11H13BrO4/c1-6-4-8(12)7(2)9(11(13)14)10(6)16-5-15-3/h4H,5H2,1-3H3,(H,13,14). The zero-order valence-corrected chi connectivity index (χ0v) is 10.9. The molecule has 0 heterocycles. The normalized spacial score (nSPS) is 10.2. The van der Waals surface area contributed by atoms with E-state index in [1.54, 1.807) is 13.8 Å². The molecule has 0 aromatic heterocycles. The fourth-order valence-corrected chi connectivity index (χ4v) is 1.95. The van der Waals surface area contributed by atoms with Gasteiger partial charge in [0.1, 0.15) is 11.3 Å². The monoisotopic (exact) mass is 288 g/mol. The maximum Gasteiger partial charge on any atom is 0.339 e. The van der Waals surface area contributed by atoms with Crippen molar-refractivity contribution in [3.8, 4) is 5.75 Å². The van der Waals surface area contributed by atoms with Crippen LogP contribution < -0.4 is 4.74 Å². The number of carboxylic acid groups (broad SMARTS) is 1. The molecule has 16 heavy (non-hydrogen) atoms. The number of rotatable bonds is 4. The van der Waals surface area contributed by atoms with Gasteiger partial charge in [0.25, 0.3) is 0 Å². The molecule has 0 spiro atoms. The molecule has 0 amide bonds. The summed E-state index contributed by atoms with van der Waals surface area (Å²) in [6, 6.07) is 1.83. The van der Waals surface area contributed by atoms with E-state index in [1.165, 1.54) is 7.11 Å². The molecular formula is C11H13BrO4. The summed E-state index contributed by atoms with van der Waals surface area (Å²) in [5, 5.41) is 9.15. The van der Waals surface area contributed by atoms with Gasteiger partial charge in [-0.2, -0.15) is 0 Å². The lowest BCUT2D eigenvalue weighted by molar-refractivity contribution is 0.0478. The molecule has 4 nitrogen and oxygen atoms in total. The fraction of sp³-hybridized carbons (Fsp3) is 0.364. The summed E-state index contributed by atoms with van der Waals surface area (Å²) in [4.78, 5) is 11.2. The summed E-state index contributed by atoms with van der Waals surface area (Å²) in [5.41, 5.74) is 1.57. The van der Waals surface area contributed by atoms with Crippen LogP contribution in [0.15, 0.2) is 10.5 Å². The predicted octanol–water partition coefficient (Wildman–Crippen LogP) is 2.75. The lowest BCUT2D eigenvalue weighted by Gasteiger charge is -2.14. The van der Waals surface area contributed by atoms with Crippen molar-refractivity contribution in [2.24, 2.45) is 0 Å². The van der Waals surface area contributed by atoms with Crippen molar-refractivity contribution in [3.63, 3.8) is 0 Å². The van der Waals surface area contributed by atoms with Crippen LogP contribution in [0.1, 0.15) is 21.5 Å². The molecule has 1 rings (SSSR count). The Balaban J connectivity index is 3.32. The van der Waals surface area contributed by atoms with E-state index in [0.717, 1.165) is 10.0 Å². The van der Waals surface area contributed by atoms with E-state index in [4.69, 9.17) is 14.6 Å². The highest BCUT2D eigenvalue weighted by molar-refractivity contribution is 9.10. The van der Waals surface area contributed by atoms with Gasteiger partial charge in [0, 0.05) is 11.6 Å². The number of halogens is 1. The minimum absolute atomic E-state index is 0.0300. The Kier molecular flexibility index (Phi) is 4.32. The van der Waals surface area contributed by atoms with Gasteiger partial charge in [0.05, 0.1) is 0 Å². The van der Waals surface area contributed by atoms with Crippen LogP contribution in [0.4, 0.5) is 0 Å². The molecule has 88 valence electrons. The number of hydrogen-bond donors (Lipinski definition) is 1. The third kappa shape index (κ3) is 2.54. The number of ether oxygens (including phenoxy) is 2. The summed E-state index contributed by atoms with van der Waals surface area (Å²) in [6.07, 6.45) is 0. The van der Waals surface area contributed by atoms with Crippen molar-refractivity contribution in [2.75, 3.05) is 13.9 Å². The fourth-order valence-electron chi connectivity index (χ4n) is 1.41. The van der Waals surface area contributed by atoms with Crippen molar-refractivity contribution < 1.29 is 19.4 Å². The van der Waals surface area contributed by atoms with Gasteiger partial charge in [0.15, 0.2) is 6.79 Å². The molecule has 0 saturated carbocycles. The van der Waals surface area contributed by atoms with E-state index in [-0.39, 0.29) is 12.4 Å². The second-order valence-electron chi connectivity index (χ2n) is 3.36. The molecule has 0 unspecified atom stereocenters. The van der Waals surface area contributed by atoms with Crippen LogP contribution in [0.3, 0.4) is 0 Å². The highest BCUT2D eigenvalue weighted by Gasteiger charge is 2.19. The molecule has 0 aliphatic rings. The summed E-state index contributed by atoms with van der Waals surface area (Å²) in [5.74, 6) is -0.650. The molecular weight excluding hydrogens is 276 g/mol. The summed E-state index contributed by atoms with van der Waals surface area (Å²) in [7, 11) is 1.49. The van der Waals surface area contributed by atoms with Gasteiger partial charge in [-0.15, -0.1) is 0 Å². The number of carbonyl (C=O) groups is 1. The first-order valence-corrected chi connectivity index (χ1v) is 5.43. The molecule has 0 aliphatic heterocycles. The van der Waals surface area contributed by atoms with Crippen LogP contribution in [0, 0.1) is 13.8 Å². The smallest absolute Gasteiger partial charge is 0.339 e. The number of aryl methyl sites for hydroxylation is 1. The molecule has 0 fully saturated rings. The highest BCUT2D eigenvalue weighted by Crippen LogP contribution is 2.32. The second-order valence-corrected chi connectivity index (χ2v) is 4.21. The lowest BCUT2D eigenvalue weighted by atomic mass is 10.0. The van der Waals surface area contributed by atoms with Crippen LogP contribution in [0.25, 0.3) is 0 Å². The molecule has 0 bridgehead atoms. The van der Waals surface area contributed by atoms with E-state index in [0.29, 0.717) is 11.3 Å². The molecule has 1 aromatic rings. The zero-order valence-electron chi connectivity index (χ0n) is 9.33. The van der Waals surface area contributed by atoms with Crippen molar-refractivity contribution in [3.05, 3.63) is 27.2 Å². The number of aromatic carboxylic acids is 1. The van der Waals surface area contributed by atoms with E-state index >= 15 is 0 Å². The van der Waals surface area contributed by atoms with Crippen LogP contribution in [0.2, 0.25) is 0 Å². The van der Waals surface area contributed by atoms with E-state index < -0.39 is 5.97 Å². The Morgan fingerprint density at radius 3 is 2.62 bits per heavy atom. The molecule has 1 N–H and O–H groups in total. The van der Waals surface area contributed by atoms with Gasteiger partial charge >= 0.3 is 5.97 Å².